The second-order valence-electron chi connectivity index (χ2n) is 5.34. The van der Waals surface area contributed by atoms with Gasteiger partial charge in [0.2, 0.25) is 6.29 Å². The van der Waals surface area contributed by atoms with Crippen molar-refractivity contribution in [1.82, 2.24) is 0 Å². The zero-order valence-corrected chi connectivity index (χ0v) is 13.2. The van der Waals surface area contributed by atoms with E-state index < -0.39 is 6.29 Å². The van der Waals surface area contributed by atoms with E-state index in [2.05, 4.69) is 5.32 Å². The molecule has 2 aromatic carbocycles. The molecule has 1 unspecified atom stereocenters. The van der Waals surface area contributed by atoms with Crippen molar-refractivity contribution in [2.24, 2.45) is 0 Å². The number of para-hydroxylation sites is 1. The molecule has 3 rings (SSSR count). The molecule has 0 aliphatic carbocycles. The highest BCUT2D eigenvalue weighted by Crippen LogP contribution is 2.31. The van der Waals surface area contributed by atoms with E-state index in [0.717, 1.165) is 5.69 Å². The number of ether oxygens (including phenoxy) is 2. The van der Waals surface area contributed by atoms with Gasteiger partial charge in [-0.1, -0.05) is 29.8 Å². The van der Waals surface area contributed by atoms with Gasteiger partial charge in [0, 0.05) is 18.5 Å². The van der Waals surface area contributed by atoms with Crippen LogP contribution >= 0.6 is 0 Å². The average Bonchev–Trinajstić information content (AvgIpc) is 2.56. The Hall–Kier alpha value is -2.59. The second kappa shape index (κ2) is 6.67. The van der Waals surface area contributed by atoms with E-state index in [1.165, 1.54) is 5.56 Å². The van der Waals surface area contributed by atoms with E-state index in [-0.39, 0.29) is 5.78 Å². The maximum atomic E-state index is 12.7. The third-order valence-electron chi connectivity index (χ3n) is 3.65. The lowest BCUT2D eigenvalue weighted by Crippen LogP contribution is -2.33. The molecule has 1 N–H and O–H groups in total. The van der Waals surface area contributed by atoms with Crippen LogP contribution in [0.5, 0.6) is 5.75 Å². The highest BCUT2D eigenvalue weighted by molar-refractivity contribution is 6.12. The molecule has 1 atom stereocenters. The molecule has 4 nitrogen and oxygen atoms in total. The number of hydrogen-bond acceptors (Lipinski definition) is 4. The topological polar surface area (TPSA) is 47.6 Å². The molecule has 1 aliphatic rings. The van der Waals surface area contributed by atoms with Crippen molar-refractivity contribution in [2.45, 2.75) is 20.1 Å². The first-order chi connectivity index (χ1) is 11.2. The van der Waals surface area contributed by atoms with E-state index in [4.69, 9.17) is 9.47 Å². The van der Waals surface area contributed by atoms with Crippen LogP contribution in [-0.2, 0) is 4.74 Å². The van der Waals surface area contributed by atoms with Crippen LogP contribution in [0.1, 0.15) is 22.8 Å². The summed E-state index contributed by atoms with van der Waals surface area (Å²) in [4.78, 5) is 12.7. The molecule has 0 bridgehead atoms. The lowest BCUT2D eigenvalue weighted by atomic mass is 10.00. The maximum Gasteiger partial charge on any atom is 0.232 e. The standard InChI is InChI=1S/C19H19NO3/c1-3-22-19-16(12-20-14-10-8-13(2)9-11-14)18(21)15-6-4-5-7-17(15)23-19/h4-12,19-20H,3H2,1-2H3/b16-12+. The largest absolute Gasteiger partial charge is 0.460 e. The minimum atomic E-state index is -0.694. The SMILES string of the molecule is CCOC1Oc2ccccc2C(=O)/C1=C\Nc1ccc(C)cc1. The zero-order valence-electron chi connectivity index (χ0n) is 13.2. The fourth-order valence-electron chi connectivity index (χ4n) is 2.42. The van der Waals surface area contributed by atoms with Crippen LogP contribution in [0.2, 0.25) is 0 Å². The summed E-state index contributed by atoms with van der Waals surface area (Å²) in [6.07, 6.45) is 0.976. The molecular weight excluding hydrogens is 290 g/mol. The van der Waals surface area contributed by atoms with E-state index in [9.17, 15) is 4.79 Å². The van der Waals surface area contributed by atoms with Crippen LogP contribution in [0.25, 0.3) is 0 Å². The summed E-state index contributed by atoms with van der Waals surface area (Å²) >= 11 is 0. The van der Waals surface area contributed by atoms with Crippen molar-refractivity contribution in [1.29, 1.82) is 0 Å². The number of hydrogen-bond donors (Lipinski definition) is 1. The van der Waals surface area contributed by atoms with Gasteiger partial charge in [-0.2, -0.15) is 0 Å². The number of fused-ring (bicyclic) bond motifs is 1. The summed E-state index contributed by atoms with van der Waals surface area (Å²) in [5.74, 6) is 0.480. The van der Waals surface area contributed by atoms with E-state index in [1.807, 2.05) is 50.2 Å². The first-order valence-corrected chi connectivity index (χ1v) is 7.64. The number of carbonyl (C=O) groups excluding carboxylic acids is 1. The van der Waals surface area contributed by atoms with Gasteiger partial charge < -0.3 is 14.8 Å². The predicted octanol–water partition coefficient (Wildman–Crippen LogP) is 3.93. The molecule has 0 aromatic heterocycles. The Balaban J connectivity index is 1.89. The van der Waals surface area contributed by atoms with E-state index in [0.29, 0.717) is 23.5 Å². The van der Waals surface area contributed by atoms with Gasteiger partial charge in [0.1, 0.15) is 5.75 Å². The molecule has 1 aliphatic heterocycles. The van der Waals surface area contributed by atoms with Gasteiger partial charge in [0.15, 0.2) is 5.78 Å². The van der Waals surface area contributed by atoms with Crippen molar-refractivity contribution in [3.8, 4) is 5.75 Å². The first kappa shape index (κ1) is 15.3. The van der Waals surface area contributed by atoms with Crippen molar-refractivity contribution in [3.63, 3.8) is 0 Å². The number of carbonyl (C=O) groups is 1. The number of rotatable bonds is 4. The summed E-state index contributed by atoms with van der Waals surface area (Å²) in [7, 11) is 0. The monoisotopic (exact) mass is 309 g/mol. The van der Waals surface area contributed by atoms with Crippen LogP contribution in [0.3, 0.4) is 0 Å². The number of anilines is 1. The Bertz CT molecular complexity index is 735. The molecule has 0 radical (unpaired) electrons. The van der Waals surface area contributed by atoms with Gasteiger partial charge in [-0.3, -0.25) is 4.79 Å². The molecule has 2 aromatic rings. The third kappa shape index (κ3) is 3.27. The smallest absolute Gasteiger partial charge is 0.232 e. The molecule has 23 heavy (non-hydrogen) atoms. The number of ketones is 1. The predicted molar refractivity (Wildman–Crippen MR) is 89.7 cm³/mol. The summed E-state index contributed by atoms with van der Waals surface area (Å²) in [5.41, 5.74) is 3.11. The van der Waals surface area contributed by atoms with Gasteiger partial charge in [0.25, 0.3) is 0 Å². The number of benzene rings is 2. The Morgan fingerprint density at radius 1 is 1.17 bits per heavy atom. The molecule has 0 spiro atoms. The van der Waals surface area contributed by atoms with Gasteiger partial charge >= 0.3 is 0 Å². The van der Waals surface area contributed by atoms with Gasteiger partial charge in [-0.15, -0.1) is 0 Å². The van der Waals surface area contributed by atoms with Crippen LogP contribution in [-0.4, -0.2) is 18.7 Å². The average molecular weight is 309 g/mol. The fourth-order valence-corrected chi connectivity index (χ4v) is 2.42. The summed E-state index contributed by atoms with van der Waals surface area (Å²) in [6.45, 7) is 4.37. The van der Waals surface area contributed by atoms with Crippen LogP contribution in [0.15, 0.2) is 60.3 Å². The molecule has 0 amide bonds. The first-order valence-electron chi connectivity index (χ1n) is 7.64. The summed E-state index contributed by atoms with van der Waals surface area (Å²) < 4.78 is 11.4. The zero-order chi connectivity index (χ0) is 16.2. The number of aryl methyl sites for hydroxylation is 1. The van der Waals surface area contributed by atoms with Crippen LogP contribution in [0.4, 0.5) is 5.69 Å². The Morgan fingerprint density at radius 2 is 1.91 bits per heavy atom. The molecule has 1 heterocycles. The van der Waals surface area contributed by atoms with Gasteiger partial charge in [0.05, 0.1) is 11.1 Å². The van der Waals surface area contributed by atoms with Gasteiger partial charge in [-0.25, -0.2) is 0 Å². The fraction of sp³-hybridized carbons (Fsp3) is 0.211. The summed E-state index contributed by atoms with van der Waals surface area (Å²) in [5, 5.41) is 3.15. The third-order valence-corrected chi connectivity index (χ3v) is 3.65. The van der Waals surface area contributed by atoms with Crippen molar-refractivity contribution < 1.29 is 14.3 Å². The Kier molecular flexibility index (Phi) is 4.44. The molecule has 0 saturated carbocycles. The highest BCUT2D eigenvalue weighted by Gasteiger charge is 2.32. The second-order valence-corrected chi connectivity index (χ2v) is 5.34. The molecular formula is C19H19NO3. The van der Waals surface area contributed by atoms with Gasteiger partial charge in [-0.05, 0) is 38.1 Å². The normalized spacial score (nSPS) is 18.4. The van der Waals surface area contributed by atoms with Crippen molar-refractivity contribution in [2.75, 3.05) is 11.9 Å². The maximum absolute atomic E-state index is 12.7. The van der Waals surface area contributed by atoms with Crippen molar-refractivity contribution in [3.05, 3.63) is 71.4 Å². The lowest BCUT2D eigenvalue weighted by molar-refractivity contribution is -0.0509. The minimum Gasteiger partial charge on any atom is -0.460 e. The highest BCUT2D eigenvalue weighted by atomic mass is 16.7. The molecule has 4 heteroatoms. The van der Waals surface area contributed by atoms with Crippen LogP contribution in [0, 0.1) is 6.92 Å². The van der Waals surface area contributed by atoms with E-state index in [1.54, 1.807) is 18.3 Å². The van der Waals surface area contributed by atoms with Crippen molar-refractivity contribution >= 4 is 11.5 Å². The lowest BCUT2D eigenvalue weighted by Gasteiger charge is -2.27. The number of nitrogens with one attached hydrogen (secondary N) is 1. The molecule has 118 valence electrons. The Labute approximate surface area is 135 Å². The molecule has 0 saturated heterocycles. The minimum absolute atomic E-state index is 0.0788. The molecule has 0 fully saturated rings. The number of Topliss-reactive ketones (excluding diaryl/α,β-unsaturated/α-hetero) is 1. The summed E-state index contributed by atoms with van der Waals surface area (Å²) in [6, 6.07) is 15.2. The van der Waals surface area contributed by atoms with Crippen LogP contribution < -0.4 is 10.1 Å². The van der Waals surface area contributed by atoms with E-state index >= 15 is 0 Å². The quantitative estimate of drug-likeness (QED) is 0.869. The Morgan fingerprint density at radius 3 is 2.65 bits per heavy atom.